The van der Waals surface area contributed by atoms with E-state index in [9.17, 15) is 18.9 Å². The smallest absolute Gasteiger partial charge is 0.404 e. The highest BCUT2D eigenvalue weighted by molar-refractivity contribution is 7.46. The van der Waals surface area contributed by atoms with Gasteiger partial charge in [0.15, 0.2) is 0 Å². The third-order valence-electron chi connectivity index (χ3n) is 6.11. The second-order valence-corrected chi connectivity index (χ2v) is 10.3. The fourth-order valence-electron chi connectivity index (χ4n) is 4.37. The summed E-state index contributed by atoms with van der Waals surface area (Å²) in [6.45, 7) is 2.57. The Kier molecular flexibility index (Phi) is 10.3. The van der Waals surface area contributed by atoms with Gasteiger partial charge in [-0.15, -0.1) is 0 Å². The number of hydrogen-bond acceptors (Lipinski definition) is 5. The zero-order valence-electron chi connectivity index (χ0n) is 20.8. The Balaban J connectivity index is 1.61. The lowest BCUT2D eigenvalue weighted by molar-refractivity contribution is -0.136. The van der Waals surface area contributed by atoms with Gasteiger partial charge in [-0.05, 0) is 55.4 Å². The van der Waals surface area contributed by atoms with Crippen LogP contribution < -0.4 is 15.2 Å². The highest BCUT2D eigenvalue weighted by Gasteiger charge is 2.30. The van der Waals surface area contributed by atoms with E-state index in [-0.39, 0.29) is 18.1 Å². The molecule has 0 unspecified atom stereocenters. The fraction of sp³-hybridized carbons (Fsp3) is 0.423. The standard InChI is InChI=1S/C26H34N3O7P/c1-19(30)27-24(18-21-12-14-22(15-13-21)36-37(33,34)35)25(31)28-23-11-5-6-16-29(26(23)32)17-7-10-20-8-3-2-4-9-20/h2-4,8-9,12-15,23-24H,5-7,10-11,16-18H2,1H3,(H,27,30)(H,28,31)(H2,33,34,35)/t23-,24-/m0/s1. The number of phosphoric acid groups is 1. The van der Waals surface area contributed by atoms with E-state index < -0.39 is 31.7 Å². The van der Waals surface area contributed by atoms with E-state index in [1.165, 1.54) is 24.6 Å². The first-order valence-electron chi connectivity index (χ1n) is 12.3. The van der Waals surface area contributed by atoms with Crippen LogP contribution in [0.15, 0.2) is 54.6 Å². The van der Waals surface area contributed by atoms with Crippen molar-refractivity contribution in [3.8, 4) is 5.75 Å². The molecule has 11 heteroatoms. The summed E-state index contributed by atoms with van der Waals surface area (Å²) in [5, 5.41) is 5.48. The Morgan fingerprint density at radius 1 is 1.08 bits per heavy atom. The molecule has 0 aromatic heterocycles. The SMILES string of the molecule is CC(=O)N[C@@H](Cc1ccc(OP(=O)(O)O)cc1)C(=O)N[C@H]1CCCCN(CCCc2ccccc2)C1=O. The lowest BCUT2D eigenvalue weighted by Gasteiger charge is -2.26. The number of benzene rings is 2. The van der Waals surface area contributed by atoms with Gasteiger partial charge >= 0.3 is 7.82 Å². The molecule has 0 aliphatic carbocycles. The maximum absolute atomic E-state index is 13.2. The predicted molar refractivity (Wildman–Crippen MR) is 138 cm³/mol. The van der Waals surface area contributed by atoms with Crippen LogP contribution in [0, 0.1) is 0 Å². The molecule has 1 heterocycles. The van der Waals surface area contributed by atoms with Crippen molar-refractivity contribution in [1.82, 2.24) is 15.5 Å². The number of carbonyl (C=O) groups is 3. The summed E-state index contributed by atoms with van der Waals surface area (Å²) in [4.78, 5) is 57.8. The summed E-state index contributed by atoms with van der Waals surface area (Å²) in [5.74, 6) is -0.986. The quantitative estimate of drug-likeness (QED) is 0.326. The van der Waals surface area contributed by atoms with Crippen LogP contribution in [0.5, 0.6) is 5.75 Å². The molecule has 1 aliphatic rings. The van der Waals surface area contributed by atoms with Gasteiger partial charge in [-0.2, -0.15) is 0 Å². The molecule has 37 heavy (non-hydrogen) atoms. The molecule has 0 radical (unpaired) electrons. The van der Waals surface area contributed by atoms with E-state index in [4.69, 9.17) is 9.79 Å². The summed E-state index contributed by atoms with van der Waals surface area (Å²) in [7, 11) is -4.68. The molecule has 3 amide bonds. The molecule has 2 aromatic carbocycles. The van der Waals surface area contributed by atoms with Gasteiger partial charge in [0.05, 0.1) is 0 Å². The first-order chi connectivity index (χ1) is 17.6. The topological polar surface area (TPSA) is 145 Å². The van der Waals surface area contributed by atoms with Gasteiger partial charge in [-0.1, -0.05) is 42.5 Å². The minimum atomic E-state index is -4.68. The van der Waals surface area contributed by atoms with Gasteiger partial charge < -0.3 is 20.1 Å². The normalized spacial score (nSPS) is 17.0. The van der Waals surface area contributed by atoms with Crippen LogP contribution in [0.2, 0.25) is 0 Å². The molecule has 1 fully saturated rings. The predicted octanol–water partition coefficient (Wildman–Crippen LogP) is 2.34. The van der Waals surface area contributed by atoms with E-state index in [1.807, 2.05) is 23.1 Å². The zero-order chi connectivity index (χ0) is 26.8. The second kappa shape index (κ2) is 13.4. The Bertz CT molecular complexity index is 1100. The number of nitrogens with one attached hydrogen (secondary N) is 2. The molecular formula is C26H34N3O7P. The van der Waals surface area contributed by atoms with E-state index in [2.05, 4.69) is 27.3 Å². The molecular weight excluding hydrogens is 497 g/mol. The molecule has 0 saturated carbocycles. The molecule has 10 nitrogen and oxygen atoms in total. The van der Waals surface area contributed by atoms with Gasteiger partial charge in [0.2, 0.25) is 17.7 Å². The lowest BCUT2D eigenvalue weighted by Crippen LogP contribution is -2.54. The number of rotatable bonds is 11. The molecule has 0 spiro atoms. The second-order valence-electron chi connectivity index (χ2n) is 9.15. The summed E-state index contributed by atoms with van der Waals surface area (Å²) < 4.78 is 15.5. The Hall–Kier alpha value is -3.20. The Labute approximate surface area is 216 Å². The maximum atomic E-state index is 13.2. The van der Waals surface area contributed by atoms with Crippen LogP contribution in [-0.4, -0.2) is 57.6 Å². The fourth-order valence-corrected chi connectivity index (χ4v) is 4.76. The highest BCUT2D eigenvalue weighted by Crippen LogP contribution is 2.37. The first-order valence-corrected chi connectivity index (χ1v) is 13.9. The number of hydrogen-bond donors (Lipinski definition) is 4. The molecule has 4 N–H and O–H groups in total. The van der Waals surface area contributed by atoms with Gasteiger partial charge in [-0.25, -0.2) is 4.57 Å². The summed E-state index contributed by atoms with van der Waals surface area (Å²) in [5.41, 5.74) is 1.86. The number of nitrogens with zero attached hydrogens (tertiary/aromatic N) is 1. The van der Waals surface area contributed by atoms with Crippen LogP contribution in [-0.2, 0) is 31.8 Å². The average molecular weight is 532 g/mol. The zero-order valence-corrected chi connectivity index (χ0v) is 21.7. The van der Waals surface area contributed by atoms with Crippen molar-refractivity contribution in [3.05, 3.63) is 65.7 Å². The molecule has 3 rings (SSSR count). The summed E-state index contributed by atoms with van der Waals surface area (Å²) >= 11 is 0. The third kappa shape index (κ3) is 9.64. The van der Waals surface area contributed by atoms with Gasteiger partial charge in [0.1, 0.15) is 17.8 Å². The van der Waals surface area contributed by atoms with Crippen LogP contribution >= 0.6 is 7.82 Å². The van der Waals surface area contributed by atoms with Crippen molar-refractivity contribution in [1.29, 1.82) is 0 Å². The van der Waals surface area contributed by atoms with Gasteiger partial charge in [0, 0.05) is 26.4 Å². The number of carbonyl (C=O) groups excluding carboxylic acids is 3. The van der Waals surface area contributed by atoms with Gasteiger partial charge in [-0.3, -0.25) is 24.2 Å². The Morgan fingerprint density at radius 3 is 2.43 bits per heavy atom. The van der Waals surface area contributed by atoms with E-state index in [0.717, 1.165) is 25.7 Å². The van der Waals surface area contributed by atoms with Crippen molar-refractivity contribution in [3.63, 3.8) is 0 Å². The van der Waals surface area contributed by atoms with Crippen LogP contribution in [0.1, 0.15) is 43.7 Å². The minimum Gasteiger partial charge on any atom is -0.404 e. The van der Waals surface area contributed by atoms with Crippen LogP contribution in [0.25, 0.3) is 0 Å². The highest BCUT2D eigenvalue weighted by atomic mass is 31.2. The average Bonchev–Trinajstić information content (AvgIpc) is 3.00. The molecule has 200 valence electrons. The summed E-state index contributed by atoms with van der Waals surface area (Å²) in [6, 6.07) is 14.4. The molecule has 2 aromatic rings. The number of phosphoric ester groups is 1. The van der Waals surface area contributed by atoms with Gasteiger partial charge in [0.25, 0.3) is 0 Å². The number of likely N-dealkylation sites (tertiary alicyclic amines) is 1. The van der Waals surface area contributed by atoms with Crippen LogP contribution in [0.3, 0.4) is 0 Å². The van der Waals surface area contributed by atoms with Crippen molar-refractivity contribution in [2.75, 3.05) is 13.1 Å². The number of aryl methyl sites for hydroxylation is 1. The van der Waals surface area contributed by atoms with Crippen molar-refractivity contribution in [2.45, 2.75) is 57.5 Å². The molecule has 0 bridgehead atoms. The lowest BCUT2D eigenvalue weighted by atomic mass is 10.0. The van der Waals surface area contributed by atoms with E-state index in [0.29, 0.717) is 25.1 Å². The van der Waals surface area contributed by atoms with Crippen LogP contribution in [0.4, 0.5) is 0 Å². The van der Waals surface area contributed by atoms with Crippen molar-refractivity contribution >= 4 is 25.5 Å². The summed E-state index contributed by atoms with van der Waals surface area (Å²) in [6.07, 6.45) is 4.01. The largest absolute Gasteiger partial charge is 0.524 e. The van der Waals surface area contributed by atoms with Crippen molar-refractivity contribution in [2.24, 2.45) is 0 Å². The van der Waals surface area contributed by atoms with Crippen molar-refractivity contribution < 1.29 is 33.3 Å². The van der Waals surface area contributed by atoms with E-state index in [1.54, 1.807) is 12.1 Å². The maximum Gasteiger partial charge on any atom is 0.524 e. The molecule has 1 aliphatic heterocycles. The monoisotopic (exact) mass is 531 g/mol. The first kappa shape index (κ1) is 28.4. The number of amides is 3. The minimum absolute atomic E-state index is 0.0194. The third-order valence-corrected chi connectivity index (χ3v) is 6.56. The van der Waals surface area contributed by atoms with E-state index >= 15 is 0 Å². The molecule has 2 atom stereocenters. The Morgan fingerprint density at radius 2 is 1.78 bits per heavy atom. The molecule has 1 saturated heterocycles.